The van der Waals surface area contributed by atoms with Crippen molar-refractivity contribution in [2.75, 3.05) is 33.3 Å². The zero-order valence-electron chi connectivity index (χ0n) is 14.5. The summed E-state index contributed by atoms with van der Waals surface area (Å²) in [4.78, 5) is 2.63. The topological polar surface area (TPSA) is 24.5 Å². The van der Waals surface area contributed by atoms with Gasteiger partial charge in [0.2, 0.25) is 0 Å². The number of methoxy groups -OCH3 is 1. The van der Waals surface area contributed by atoms with E-state index in [1.807, 2.05) is 0 Å². The zero-order chi connectivity index (χ0) is 16.2. The fraction of sp³-hybridized carbons (Fsp3) is 0.500. The van der Waals surface area contributed by atoms with E-state index in [9.17, 15) is 0 Å². The summed E-state index contributed by atoms with van der Waals surface area (Å²) in [5.41, 5.74) is 1.36. The van der Waals surface area contributed by atoms with Gasteiger partial charge in [-0.1, -0.05) is 50.6 Å². The second-order valence-corrected chi connectivity index (χ2v) is 6.52. The predicted octanol–water partition coefficient (Wildman–Crippen LogP) is 3.84. The molecule has 1 N–H and O–H groups in total. The minimum Gasteiger partial charge on any atom is -0.496 e. The second kappa shape index (κ2) is 7.33. The smallest absolute Gasteiger partial charge is 0.124 e. The molecule has 3 rings (SSSR count). The van der Waals surface area contributed by atoms with Gasteiger partial charge in [0, 0.05) is 37.8 Å². The van der Waals surface area contributed by atoms with E-state index in [1.54, 1.807) is 7.11 Å². The molecule has 2 atom stereocenters. The highest BCUT2D eigenvalue weighted by Crippen LogP contribution is 2.40. The molecule has 2 aromatic carbocycles. The fourth-order valence-corrected chi connectivity index (χ4v) is 3.77. The van der Waals surface area contributed by atoms with Gasteiger partial charge in [-0.15, -0.1) is 0 Å². The zero-order valence-corrected chi connectivity index (χ0v) is 14.5. The number of ether oxygens (including phenoxy) is 1. The molecule has 0 aromatic heterocycles. The van der Waals surface area contributed by atoms with Crippen molar-refractivity contribution in [3.05, 3.63) is 42.0 Å². The molecule has 1 fully saturated rings. The standard InChI is InChI=1S/C20H28N2O/c1-4-15(2)20(22-13-11-21-12-14-22)19-17-8-6-5-7-16(17)9-10-18(19)23-3/h5-10,15,20-21H,4,11-14H2,1-3H3/t15?,20-/m1/s1. The number of piperazine rings is 1. The van der Waals surface area contributed by atoms with Gasteiger partial charge in [0.25, 0.3) is 0 Å². The lowest BCUT2D eigenvalue weighted by atomic mass is 9.87. The van der Waals surface area contributed by atoms with Crippen LogP contribution in [-0.4, -0.2) is 38.2 Å². The lowest BCUT2D eigenvalue weighted by molar-refractivity contribution is 0.127. The van der Waals surface area contributed by atoms with Crippen LogP contribution >= 0.6 is 0 Å². The third kappa shape index (κ3) is 3.22. The van der Waals surface area contributed by atoms with Gasteiger partial charge in [-0.3, -0.25) is 4.90 Å². The van der Waals surface area contributed by atoms with Crippen molar-refractivity contribution in [1.82, 2.24) is 10.2 Å². The van der Waals surface area contributed by atoms with Crippen LogP contribution in [0.3, 0.4) is 0 Å². The Kier molecular flexibility index (Phi) is 5.19. The lowest BCUT2D eigenvalue weighted by Crippen LogP contribution is -2.46. The van der Waals surface area contributed by atoms with E-state index in [-0.39, 0.29) is 0 Å². The number of nitrogens with zero attached hydrogens (tertiary/aromatic N) is 1. The van der Waals surface area contributed by atoms with Gasteiger partial charge in [0.05, 0.1) is 7.11 Å². The molecule has 1 aliphatic rings. The number of rotatable bonds is 5. The van der Waals surface area contributed by atoms with Crippen molar-refractivity contribution in [2.45, 2.75) is 26.3 Å². The van der Waals surface area contributed by atoms with E-state index in [4.69, 9.17) is 4.74 Å². The van der Waals surface area contributed by atoms with E-state index in [0.29, 0.717) is 12.0 Å². The predicted molar refractivity (Wildman–Crippen MR) is 97.1 cm³/mol. The Bertz CT molecular complexity index is 649. The lowest BCUT2D eigenvalue weighted by Gasteiger charge is -2.39. The van der Waals surface area contributed by atoms with E-state index in [0.717, 1.165) is 31.9 Å². The van der Waals surface area contributed by atoms with Gasteiger partial charge in [-0.05, 0) is 22.8 Å². The summed E-state index contributed by atoms with van der Waals surface area (Å²) in [6, 6.07) is 13.4. The summed E-state index contributed by atoms with van der Waals surface area (Å²) >= 11 is 0. The molecule has 3 heteroatoms. The molecule has 124 valence electrons. The number of benzene rings is 2. The number of hydrogen-bond acceptors (Lipinski definition) is 3. The molecular weight excluding hydrogens is 284 g/mol. The molecule has 2 aromatic rings. The summed E-state index contributed by atoms with van der Waals surface area (Å²) in [5, 5.41) is 6.10. The molecule has 1 aliphatic heterocycles. The molecule has 0 spiro atoms. The first-order chi connectivity index (χ1) is 11.3. The highest BCUT2D eigenvalue weighted by molar-refractivity contribution is 5.88. The minimum absolute atomic E-state index is 0.406. The summed E-state index contributed by atoms with van der Waals surface area (Å²) in [7, 11) is 1.79. The number of nitrogens with one attached hydrogen (secondary N) is 1. The number of fused-ring (bicyclic) bond motifs is 1. The quantitative estimate of drug-likeness (QED) is 0.908. The minimum atomic E-state index is 0.406. The van der Waals surface area contributed by atoms with Crippen molar-refractivity contribution in [2.24, 2.45) is 5.92 Å². The van der Waals surface area contributed by atoms with Gasteiger partial charge in [0.1, 0.15) is 5.75 Å². The maximum Gasteiger partial charge on any atom is 0.124 e. The Balaban J connectivity index is 2.15. The Morgan fingerprint density at radius 1 is 1.13 bits per heavy atom. The van der Waals surface area contributed by atoms with Crippen LogP contribution in [0.1, 0.15) is 31.9 Å². The van der Waals surface area contributed by atoms with Gasteiger partial charge < -0.3 is 10.1 Å². The fourth-order valence-electron chi connectivity index (χ4n) is 3.77. The van der Waals surface area contributed by atoms with Gasteiger partial charge in [0.15, 0.2) is 0 Å². The molecular formula is C20H28N2O. The van der Waals surface area contributed by atoms with Crippen LogP contribution in [0.5, 0.6) is 5.75 Å². The van der Waals surface area contributed by atoms with Gasteiger partial charge >= 0.3 is 0 Å². The Labute approximate surface area is 139 Å². The molecule has 1 unspecified atom stereocenters. The van der Waals surface area contributed by atoms with Crippen LogP contribution in [0.4, 0.5) is 0 Å². The normalized spacial score (nSPS) is 18.7. The Morgan fingerprint density at radius 3 is 2.57 bits per heavy atom. The third-order valence-corrected chi connectivity index (χ3v) is 5.17. The average Bonchev–Trinajstić information content (AvgIpc) is 2.62. The molecule has 23 heavy (non-hydrogen) atoms. The van der Waals surface area contributed by atoms with Crippen LogP contribution in [-0.2, 0) is 0 Å². The van der Waals surface area contributed by atoms with Crippen LogP contribution in [0.2, 0.25) is 0 Å². The summed E-state index contributed by atoms with van der Waals surface area (Å²) in [6.45, 7) is 8.99. The van der Waals surface area contributed by atoms with Gasteiger partial charge in [-0.25, -0.2) is 0 Å². The van der Waals surface area contributed by atoms with Crippen LogP contribution in [0.25, 0.3) is 10.8 Å². The molecule has 0 amide bonds. The van der Waals surface area contributed by atoms with E-state index >= 15 is 0 Å². The van der Waals surface area contributed by atoms with Crippen LogP contribution in [0, 0.1) is 5.92 Å². The van der Waals surface area contributed by atoms with Crippen molar-refractivity contribution < 1.29 is 4.74 Å². The molecule has 1 heterocycles. The van der Waals surface area contributed by atoms with Gasteiger partial charge in [-0.2, -0.15) is 0 Å². The summed E-state index contributed by atoms with van der Waals surface area (Å²) in [6.07, 6.45) is 1.17. The first-order valence-electron chi connectivity index (χ1n) is 8.76. The van der Waals surface area contributed by atoms with Crippen molar-refractivity contribution in [3.8, 4) is 5.75 Å². The largest absolute Gasteiger partial charge is 0.496 e. The maximum absolute atomic E-state index is 5.78. The monoisotopic (exact) mass is 312 g/mol. The Morgan fingerprint density at radius 2 is 1.87 bits per heavy atom. The Hall–Kier alpha value is -1.58. The summed E-state index contributed by atoms with van der Waals surface area (Å²) in [5.74, 6) is 1.61. The van der Waals surface area contributed by atoms with Crippen LogP contribution in [0.15, 0.2) is 36.4 Å². The highest BCUT2D eigenvalue weighted by atomic mass is 16.5. The summed E-state index contributed by atoms with van der Waals surface area (Å²) < 4.78 is 5.78. The van der Waals surface area contributed by atoms with E-state index < -0.39 is 0 Å². The van der Waals surface area contributed by atoms with E-state index in [2.05, 4.69) is 60.5 Å². The molecule has 0 radical (unpaired) electrons. The third-order valence-electron chi connectivity index (χ3n) is 5.17. The van der Waals surface area contributed by atoms with Crippen LogP contribution < -0.4 is 10.1 Å². The molecule has 0 saturated carbocycles. The molecule has 1 saturated heterocycles. The van der Waals surface area contributed by atoms with Crippen molar-refractivity contribution >= 4 is 10.8 Å². The molecule has 0 bridgehead atoms. The first kappa shape index (κ1) is 16.3. The SMILES string of the molecule is CCC(C)[C@H](c1c(OC)ccc2ccccc12)N1CCNCC1. The van der Waals surface area contributed by atoms with E-state index in [1.165, 1.54) is 22.8 Å². The molecule has 0 aliphatic carbocycles. The maximum atomic E-state index is 5.78. The van der Waals surface area contributed by atoms with Crippen molar-refractivity contribution in [3.63, 3.8) is 0 Å². The number of hydrogen-bond donors (Lipinski definition) is 1. The highest BCUT2D eigenvalue weighted by Gasteiger charge is 2.30. The molecule has 3 nitrogen and oxygen atoms in total. The first-order valence-corrected chi connectivity index (χ1v) is 8.76. The average molecular weight is 312 g/mol. The van der Waals surface area contributed by atoms with Crippen molar-refractivity contribution in [1.29, 1.82) is 0 Å². The second-order valence-electron chi connectivity index (χ2n) is 6.52.